The van der Waals surface area contributed by atoms with Crippen LogP contribution in [0.4, 0.5) is 0 Å². The van der Waals surface area contributed by atoms with Crippen molar-refractivity contribution in [3.63, 3.8) is 0 Å². The van der Waals surface area contributed by atoms with E-state index in [1.54, 1.807) is 34.4 Å². The van der Waals surface area contributed by atoms with E-state index in [1.807, 2.05) is 30.3 Å². The molecule has 7 nitrogen and oxygen atoms in total. The fraction of sp³-hybridized carbons (Fsp3) is 0.478. The number of likely N-dealkylation sites (tertiary alicyclic amines) is 1. The highest BCUT2D eigenvalue weighted by Crippen LogP contribution is 2.39. The third-order valence-electron chi connectivity index (χ3n) is 5.60. The number of carbonyl (C=O) groups excluding carboxylic acids is 1. The molecule has 1 aromatic carbocycles. The molecule has 1 aliphatic heterocycles. The summed E-state index contributed by atoms with van der Waals surface area (Å²) in [7, 11) is 4.87. The third-order valence-corrected chi connectivity index (χ3v) is 5.60. The Balaban J connectivity index is 1.67. The molecule has 3 rings (SSSR count). The van der Waals surface area contributed by atoms with Gasteiger partial charge in [-0.15, -0.1) is 0 Å². The Morgan fingerprint density at radius 3 is 2.30 bits per heavy atom. The molecular formula is C23H31N3O4. The lowest BCUT2D eigenvalue weighted by Crippen LogP contribution is -2.40. The number of aromatic nitrogens is 1. The van der Waals surface area contributed by atoms with Crippen molar-refractivity contribution in [2.24, 2.45) is 5.92 Å². The number of rotatable bonds is 8. The molecule has 0 aliphatic carbocycles. The summed E-state index contributed by atoms with van der Waals surface area (Å²) in [6, 6.07) is 9.81. The van der Waals surface area contributed by atoms with Crippen LogP contribution in [0.15, 0.2) is 36.5 Å². The predicted molar refractivity (Wildman–Crippen MR) is 115 cm³/mol. The normalized spacial score (nSPS) is 16.0. The summed E-state index contributed by atoms with van der Waals surface area (Å²) in [6.45, 7) is 4.27. The van der Waals surface area contributed by atoms with Crippen LogP contribution >= 0.6 is 0 Å². The van der Waals surface area contributed by atoms with Gasteiger partial charge in [0, 0.05) is 19.7 Å². The van der Waals surface area contributed by atoms with Gasteiger partial charge >= 0.3 is 0 Å². The monoisotopic (exact) mass is 413 g/mol. The van der Waals surface area contributed by atoms with E-state index in [9.17, 15) is 4.79 Å². The minimum Gasteiger partial charge on any atom is -0.493 e. The molecule has 0 saturated carbocycles. The van der Waals surface area contributed by atoms with E-state index in [1.165, 1.54) is 0 Å². The molecule has 30 heavy (non-hydrogen) atoms. The first-order chi connectivity index (χ1) is 14.5. The van der Waals surface area contributed by atoms with Crippen LogP contribution in [0.25, 0.3) is 0 Å². The van der Waals surface area contributed by atoms with Gasteiger partial charge in [0.2, 0.25) is 11.7 Å². The average molecular weight is 414 g/mol. The summed E-state index contributed by atoms with van der Waals surface area (Å²) in [5.74, 6) is 2.28. The van der Waals surface area contributed by atoms with Crippen LogP contribution in [0, 0.1) is 5.92 Å². The van der Waals surface area contributed by atoms with Crippen LogP contribution in [0.2, 0.25) is 0 Å². The highest BCUT2D eigenvalue weighted by Gasteiger charge is 2.29. The topological polar surface area (TPSA) is 72.9 Å². The quantitative estimate of drug-likeness (QED) is 0.717. The average Bonchev–Trinajstić information content (AvgIpc) is 2.77. The van der Waals surface area contributed by atoms with Crippen LogP contribution in [-0.2, 0) is 11.3 Å². The minimum atomic E-state index is -0.0491. The van der Waals surface area contributed by atoms with Crippen LogP contribution in [0.3, 0.4) is 0 Å². The van der Waals surface area contributed by atoms with Gasteiger partial charge in [-0.2, -0.15) is 0 Å². The minimum absolute atomic E-state index is 0.0227. The van der Waals surface area contributed by atoms with E-state index < -0.39 is 0 Å². The molecule has 0 spiro atoms. The maximum absolute atomic E-state index is 11.8. The SMILES string of the molecule is COc1cc(CN2CCC(C(NC(C)=O)c3ccccn3)CC2)cc(OC)c1OC. The van der Waals surface area contributed by atoms with Gasteiger partial charge in [-0.25, -0.2) is 0 Å². The van der Waals surface area contributed by atoms with Gasteiger partial charge < -0.3 is 19.5 Å². The lowest BCUT2D eigenvalue weighted by atomic mass is 9.87. The predicted octanol–water partition coefficient (Wildman–Crippen LogP) is 3.20. The van der Waals surface area contributed by atoms with E-state index >= 15 is 0 Å². The van der Waals surface area contributed by atoms with Crippen molar-refractivity contribution >= 4 is 5.91 Å². The zero-order valence-corrected chi connectivity index (χ0v) is 18.2. The van der Waals surface area contributed by atoms with Crippen molar-refractivity contribution in [3.8, 4) is 17.2 Å². The van der Waals surface area contributed by atoms with Gasteiger partial charge in [-0.05, 0) is 61.7 Å². The highest BCUT2D eigenvalue weighted by molar-refractivity contribution is 5.73. The Labute approximate surface area is 178 Å². The van der Waals surface area contributed by atoms with Gasteiger partial charge in [-0.1, -0.05) is 6.07 Å². The molecule has 1 aromatic heterocycles. The number of hydrogen-bond donors (Lipinski definition) is 1. The molecule has 1 amide bonds. The second-order valence-electron chi connectivity index (χ2n) is 7.58. The fourth-order valence-corrected chi connectivity index (χ4v) is 4.14. The summed E-state index contributed by atoms with van der Waals surface area (Å²) in [5, 5.41) is 3.11. The first kappa shape index (κ1) is 21.9. The molecule has 1 saturated heterocycles. The number of nitrogens with zero attached hydrogens (tertiary/aromatic N) is 2. The number of hydrogen-bond acceptors (Lipinski definition) is 6. The van der Waals surface area contributed by atoms with Crippen LogP contribution in [-0.4, -0.2) is 50.2 Å². The Morgan fingerprint density at radius 2 is 1.80 bits per heavy atom. The van der Waals surface area contributed by atoms with Crippen molar-refractivity contribution in [3.05, 3.63) is 47.8 Å². The molecule has 1 atom stereocenters. The second kappa shape index (κ2) is 10.3. The summed E-state index contributed by atoms with van der Waals surface area (Å²) < 4.78 is 16.4. The van der Waals surface area contributed by atoms with Crippen LogP contribution < -0.4 is 19.5 Å². The van der Waals surface area contributed by atoms with Gasteiger partial charge in [0.15, 0.2) is 11.5 Å². The second-order valence-corrected chi connectivity index (χ2v) is 7.58. The number of methoxy groups -OCH3 is 3. The van der Waals surface area contributed by atoms with Gasteiger partial charge in [-0.3, -0.25) is 14.7 Å². The number of piperidine rings is 1. The maximum atomic E-state index is 11.8. The zero-order valence-electron chi connectivity index (χ0n) is 18.2. The number of amides is 1. The first-order valence-electron chi connectivity index (χ1n) is 10.2. The Hall–Kier alpha value is -2.80. The molecule has 0 bridgehead atoms. The maximum Gasteiger partial charge on any atom is 0.217 e. The van der Waals surface area contributed by atoms with E-state index in [2.05, 4.69) is 15.2 Å². The third kappa shape index (κ3) is 5.21. The molecular weight excluding hydrogens is 382 g/mol. The molecule has 162 valence electrons. The molecule has 2 aromatic rings. The Morgan fingerprint density at radius 1 is 1.13 bits per heavy atom. The summed E-state index contributed by atoms with van der Waals surface area (Å²) >= 11 is 0. The van der Waals surface area contributed by atoms with Crippen molar-refractivity contribution in [2.45, 2.75) is 32.4 Å². The lowest BCUT2D eigenvalue weighted by molar-refractivity contribution is -0.120. The lowest BCUT2D eigenvalue weighted by Gasteiger charge is -2.36. The van der Waals surface area contributed by atoms with Crippen LogP contribution in [0.1, 0.15) is 37.1 Å². The number of benzene rings is 1. The first-order valence-corrected chi connectivity index (χ1v) is 10.2. The molecule has 1 aliphatic rings. The molecule has 1 unspecified atom stereocenters. The Kier molecular flexibility index (Phi) is 7.52. The van der Waals surface area contributed by atoms with Crippen molar-refractivity contribution in [1.29, 1.82) is 0 Å². The number of carbonyl (C=O) groups is 1. The number of pyridine rings is 1. The smallest absolute Gasteiger partial charge is 0.217 e. The standard InChI is InChI=1S/C23H31N3O4/c1-16(27)25-22(19-7-5-6-10-24-19)18-8-11-26(12-9-18)15-17-13-20(28-2)23(30-4)21(14-17)29-3/h5-7,10,13-14,18,22H,8-9,11-12,15H2,1-4H3,(H,25,27). The fourth-order valence-electron chi connectivity index (χ4n) is 4.14. The molecule has 7 heteroatoms. The van der Waals surface area contributed by atoms with Crippen molar-refractivity contribution < 1.29 is 19.0 Å². The molecule has 2 heterocycles. The van der Waals surface area contributed by atoms with Gasteiger partial charge in [0.25, 0.3) is 0 Å². The van der Waals surface area contributed by atoms with Gasteiger partial charge in [0.05, 0.1) is 33.1 Å². The number of ether oxygens (including phenoxy) is 3. The van der Waals surface area contributed by atoms with E-state index in [0.29, 0.717) is 23.2 Å². The van der Waals surface area contributed by atoms with Crippen LogP contribution in [0.5, 0.6) is 17.2 Å². The molecule has 0 radical (unpaired) electrons. The van der Waals surface area contributed by atoms with Crippen molar-refractivity contribution in [1.82, 2.24) is 15.2 Å². The molecule has 1 N–H and O–H groups in total. The largest absolute Gasteiger partial charge is 0.493 e. The van der Waals surface area contributed by atoms with Crippen molar-refractivity contribution in [2.75, 3.05) is 34.4 Å². The zero-order chi connectivity index (χ0) is 21.5. The number of nitrogens with one attached hydrogen (secondary N) is 1. The van der Waals surface area contributed by atoms with E-state index in [0.717, 1.165) is 43.7 Å². The summed E-state index contributed by atoms with van der Waals surface area (Å²) in [4.78, 5) is 18.7. The summed E-state index contributed by atoms with van der Waals surface area (Å²) in [6.07, 6.45) is 3.77. The van der Waals surface area contributed by atoms with E-state index in [-0.39, 0.29) is 11.9 Å². The molecule has 1 fully saturated rings. The van der Waals surface area contributed by atoms with Gasteiger partial charge in [0.1, 0.15) is 0 Å². The Bertz CT molecular complexity index is 811. The van der Waals surface area contributed by atoms with E-state index in [4.69, 9.17) is 14.2 Å². The highest BCUT2D eigenvalue weighted by atomic mass is 16.5. The summed E-state index contributed by atoms with van der Waals surface area (Å²) in [5.41, 5.74) is 2.04.